The molecule has 6 nitrogen and oxygen atoms in total. The zero-order chi connectivity index (χ0) is 45.1. The minimum absolute atomic E-state index is 0.105. The number of ether oxygens (including phenoxy) is 3. The second-order valence-electron chi connectivity index (χ2n) is 16.0. The fourth-order valence-electron chi connectivity index (χ4n) is 6.38. The van der Waals surface area contributed by atoms with Crippen LogP contribution in [0, 0.1) is 0 Å². The summed E-state index contributed by atoms with van der Waals surface area (Å²) < 4.78 is 16.7. The lowest BCUT2D eigenvalue weighted by Crippen LogP contribution is -2.30. The molecule has 0 aliphatic carbocycles. The molecule has 1 unspecified atom stereocenters. The fourth-order valence-corrected chi connectivity index (χ4v) is 6.38. The minimum atomic E-state index is -0.808. The summed E-state index contributed by atoms with van der Waals surface area (Å²) in [7, 11) is 0. The Morgan fingerprint density at radius 3 is 1.21 bits per heavy atom. The number of carbonyl (C=O) groups excluding carboxylic acids is 3. The molecule has 0 amide bonds. The molecule has 0 saturated heterocycles. The van der Waals surface area contributed by atoms with E-state index in [0.29, 0.717) is 19.3 Å². The van der Waals surface area contributed by atoms with Gasteiger partial charge in [0, 0.05) is 19.3 Å². The Hall–Kier alpha value is -3.93. The summed E-state index contributed by atoms with van der Waals surface area (Å²) in [6.07, 6.45) is 66.4. The Labute approximate surface area is 380 Å². The third kappa shape index (κ3) is 47.1. The maximum atomic E-state index is 12.8. The summed E-state index contributed by atoms with van der Waals surface area (Å²) in [4.78, 5) is 37.9. The van der Waals surface area contributed by atoms with E-state index in [1.807, 2.05) is 36.5 Å². The standard InChI is InChI=1S/C56H90O6/c1-4-7-10-13-16-19-22-25-26-27-28-29-30-32-34-37-40-43-46-49-55(58)61-52-53(51-60-54(57)48-45-42-39-36-33-24-21-18-15-12-9-6-3)62-56(59)50-47-44-41-38-35-31-23-20-17-14-11-8-5-2/h7-8,10-11,14,16-21,23,25-26,28-29,31,35,53H,4-6,9,12-13,15,22,24,27,30,32-34,36-52H2,1-3H3/b10-7-,11-8-,17-14-,19-16-,21-18-,23-20-,26-25-,29-28-,35-31-. The van der Waals surface area contributed by atoms with Crippen molar-refractivity contribution < 1.29 is 28.6 Å². The van der Waals surface area contributed by atoms with Gasteiger partial charge in [0.1, 0.15) is 13.2 Å². The Morgan fingerprint density at radius 2 is 0.710 bits per heavy atom. The second-order valence-corrected chi connectivity index (χ2v) is 16.0. The van der Waals surface area contributed by atoms with Crippen molar-refractivity contribution in [1.29, 1.82) is 0 Å². The normalized spacial score (nSPS) is 13.0. The van der Waals surface area contributed by atoms with Crippen LogP contribution in [0.3, 0.4) is 0 Å². The highest BCUT2D eigenvalue weighted by Crippen LogP contribution is 2.13. The number of rotatable bonds is 43. The van der Waals surface area contributed by atoms with E-state index >= 15 is 0 Å². The van der Waals surface area contributed by atoms with E-state index < -0.39 is 6.10 Å². The van der Waals surface area contributed by atoms with Crippen molar-refractivity contribution in [1.82, 2.24) is 0 Å². The maximum Gasteiger partial charge on any atom is 0.306 e. The van der Waals surface area contributed by atoms with Crippen molar-refractivity contribution in [2.45, 2.75) is 213 Å². The van der Waals surface area contributed by atoms with Crippen LogP contribution in [0.4, 0.5) is 0 Å². The summed E-state index contributed by atoms with van der Waals surface area (Å²) >= 11 is 0. The van der Waals surface area contributed by atoms with E-state index in [1.165, 1.54) is 44.9 Å². The first-order valence-electron chi connectivity index (χ1n) is 24.9. The molecule has 0 saturated carbocycles. The number of hydrogen-bond acceptors (Lipinski definition) is 6. The molecule has 0 bridgehead atoms. The molecule has 0 aromatic rings. The third-order valence-electron chi connectivity index (χ3n) is 10.1. The van der Waals surface area contributed by atoms with E-state index in [1.54, 1.807) is 0 Å². The van der Waals surface area contributed by atoms with Gasteiger partial charge in [-0.25, -0.2) is 0 Å². The first kappa shape index (κ1) is 58.1. The zero-order valence-electron chi connectivity index (χ0n) is 39.8. The smallest absolute Gasteiger partial charge is 0.306 e. The van der Waals surface area contributed by atoms with Gasteiger partial charge in [-0.2, -0.15) is 0 Å². The van der Waals surface area contributed by atoms with Gasteiger partial charge in [0.25, 0.3) is 0 Å². The molecule has 0 rings (SSSR count). The van der Waals surface area contributed by atoms with E-state index in [2.05, 4.69) is 93.7 Å². The summed E-state index contributed by atoms with van der Waals surface area (Å²) in [5.74, 6) is -0.976. The largest absolute Gasteiger partial charge is 0.462 e. The molecule has 62 heavy (non-hydrogen) atoms. The van der Waals surface area contributed by atoms with E-state index in [0.717, 1.165) is 116 Å². The van der Waals surface area contributed by atoms with Gasteiger partial charge in [0.2, 0.25) is 0 Å². The molecule has 0 fully saturated rings. The first-order chi connectivity index (χ1) is 30.5. The zero-order valence-corrected chi connectivity index (χ0v) is 39.8. The molecule has 6 heteroatoms. The lowest BCUT2D eigenvalue weighted by Gasteiger charge is -2.18. The number of unbranched alkanes of at least 4 members (excludes halogenated alkanes) is 17. The average Bonchev–Trinajstić information content (AvgIpc) is 3.27. The number of esters is 3. The van der Waals surface area contributed by atoms with Crippen LogP contribution in [0.2, 0.25) is 0 Å². The Bertz CT molecular complexity index is 1310. The van der Waals surface area contributed by atoms with Gasteiger partial charge in [-0.3, -0.25) is 14.4 Å². The molecule has 0 aliphatic rings. The van der Waals surface area contributed by atoms with E-state index in [4.69, 9.17) is 14.2 Å². The van der Waals surface area contributed by atoms with Crippen LogP contribution in [0.5, 0.6) is 0 Å². The molecule has 0 spiro atoms. The highest BCUT2D eigenvalue weighted by atomic mass is 16.6. The molecule has 0 N–H and O–H groups in total. The molecule has 1 atom stereocenters. The van der Waals surface area contributed by atoms with Crippen molar-refractivity contribution in [3.63, 3.8) is 0 Å². The van der Waals surface area contributed by atoms with Crippen LogP contribution in [-0.4, -0.2) is 37.2 Å². The molecule has 0 heterocycles. The second kappa shape index (κ2) is 49.7. The van der Waals surface area contributed by atoms with Crippen LogP contribution >= 0.6 is 0 Å². The first-order valence-corrected chi connectivity index (χ1v) is 24.9. The molecular formula is C56H90O6. The Morgan fingerprint density at radius 1 is 0.355 bits per heavy atom. The van der Waals surface area contributed by atoms with Gasteiger partial charge in [-0.15, -0.1) is 0 Å². The van der Waals surface area contributed by atoms with Gasteiger partial charge in [-0.05, 0) is 103 Å². The number of hydrogen-bond donors (Lipinski definition) is 0. The topological polar surface area (TPSA) is 78.9 Å². The van der Waals surface area contributed by atoms with Gasteiger partial charge in [-0.1, -0.05) is 194 Å². The summed E-state index contributed by atoms with van der Waals surface area (Å²) in [5.41, 5.74) is 0. The average molecular weight is 859 g/mol. The molecule has 350 valence electrons. The van der Waals surface area contributed by atoms with E-state index in [-0.39, 0.29) is 37.5 Å². The van der Waals surface area contributed by atoms with Gasteiger partial charge >= 0.3 is 17.9 Å². The van der Waals surface area contributed by atoms with Crippen molar-refractivity contribution >= 4 is 17.9 Å². The van der Waals surface area contributed by atoms with E-state index in [9.17, 15) is 14.4 Å². The van der Waals surface area contributed by atoms with Crippen molar-refractivity contribution in [3.8, 4) is 0 Å². The van der Waals surface area contributed by atoms with Crippen molar-refractivity contribution in [2.75, 3.05) is 13.2 Å². The quantitative estimate of drug-likeness (QED) is 0.0200. The highest BCUT2D eigenvalue weighted by Gasteiger charge is 2.19. The predicted octanol–water partition coefficient (Wildman–Crippen LogP) is 16.4. The fraction of sp³-hybridized carbons (Fsp3) is 0.625. The minimum Gasteiger partial charge on any atom is -0.462 e. The molecule has 0 aromatic heterocycles. The predicted molar refractivity (Wildman–Crippen MR) is 265 cm³/mol. The van der Waals surface area contributed by atoms with Crippen LogP contribution in [0.15, 0.2) is 109 Å². The number of allylic oxidation sites excluding steroid dienone is 18. The lowest BCUT2D eigenvalue weighted by atomic mass is 10.1. The van der Waals surface area contributed by atoms with Crippen LogP contribution in [0.25, 0.3) is 0 Å². The molecule has 0 radical (unpaired) electrons. The Balaban J connectivity index is 4.46. The maximum absolute atomic E-state index is 12.8. The third-order valence-corrected chi connectivity index (χ3v) is 10.1. The van der Waals surface area contributed by atoms with Gasteiger partial charge < -0.3 is 14.2 Å². The summed E-state index contributed by atoms with van der Waals surface area (Å²) in [5, 5.41) is 0. The van der Waals surface area contributed by atoms with Gasteiger partial charge in [0.15, 0.2) is 6.10 Å². The Kier molecular flexibility index (Phi) is 46.6. The molecule has 0 aliphatic heterocycles. The van der Waals surface area contributed by atoms with Crippen molar-refractivity contribution in [2.24, 2.45) is 0 Å². The van der Waals surface area contributed by atoms with Crippen LogP contribution in [0.1, 0.15) is 207 Å². The monoisotopic (exact) mass is 859 g/mol. The highest BCUT2D eigenvalue weighted by molar-refractivity contribution is 5.71. The summed E-state index contributed by atoms with van der Waals surface area (Å²) in [6.45, 7) is 6.28. The molecule has 0 aromatic carbocycles. The molecular weight excluding hydrogens is 769 g/mol. The SMILES string of the molecule is CC\C=C/C=C\C=C/C=C\CCCCCC(=O)OC(COC(=O)CCCCCCC/C=C\CCCCC)COC(=O)CCCCCCCC/C=C\C/C=C\C/C=C\C/C=C\CC. The van der Waals surface area contributed by atoms with Gasteiger partial charge in [0.05, 0.1) is 0 Å². The van der Waals surface area contributed by atoms with Crippen molar-refractivity contribution in [3.05, 3.63) is 109 Å². The van der Waals surface area contributed by atoms with Crippen LogP contribution in [-0.2, 0) is 28.6 Å². The van der Waals surface area contributed by atoms with Crippen LogP contribution < -0.4 is 0 Å². The number of carbonyl (C=O) groups is 3. The lowest BCUT2D eigenvalue weighted by molar-refractivity contribution is -0.167. The summed E-state index contributed by atoms with van der Waals surface area (Å²) in [6, 6.07) is 0.